The van der Waals surface area contributed by atoms with Gasteiger partial charge in [0.2, 0.25) is 10.0 Å². The second kappa shape index (κ2) is 11.4. The summed E-state index contributed by atoms with van der Waals surface area (Å²) in [5, 5.41) is 2.94. The van der Waals surface area contributed by atoms with Gasteiger partial charge in [-0.15, -0.1) is 0 Å². The number of benzene rings is 3. The van der Waals surface area contributed by atoms with Gasteiger partial charge in [0.15, 0.2) is 0 Å². The van der Waals surface area contributed by atoms with Gasteiger partial charge in [0, 0.05) is 23.6 Å². The highest BCUT2D eigenvalue weighted by atomic mass is 32.2. The Hall–Kier alpha value is -2.77. The van der Waals surface area contributed by atoms with Crippen molar-refractivity contribution in [1.82, 2.24) is 5.32 Å². The Kier molecular flexibility index (Phi) is 8.58. The molecule has 0 saturated heterocycles. The maximum Gasteiger partial charge on any atom is 0.251 e. The highest BCUT2D eigenvalue weighted by molar-refractivity contribution is 7.98. The van der Waals surface area contributed by atoms with Crippen LogP contribution in [-0.2, 0) is 22.3 Å². The van der Waals surface area contributed by atoms with E-state index in [1.165, 1.54) is 16.1 Å². The monoisotopic (exact) mass is 482 g/mol. The van der Waals surface area contributed by atoms with Crippen molar-refractivity contribution in [1.29, 1.82) is 0 Å². The number of amides is 1. The summed E-state index contributed by atoms with van der Waals surface area (Å²) in [7, 11) is -3.47. The fourth-order valence-electron chi connectivity index (χ4n) is 3.59. The van der Waals surface area contributed by atoms with Crippen molar-refractivity contribution >= 4 is 33.4 Å². The fourth-order valence-corrected chi connectivity index (χ4v) is 5.41. The lowest BCUT2D eigenvalue weighted by molar-refractivity contribution is 0.0956. The normalized spacial score (nSPS) is 11.2. The molecule has 174 valence electrons. The first-order chi connectivity index (χ1) is 15.8. The zero-order valence-corrected chi connectivity index (χ0v) is 20.9. The third kappa shape index (κ3) is 7.11. The van der Waals surface area contributed by atoms with Gasteiger partial charge in [-0.25, -0.2) is 8.42 Å². The fraction of sp³-hybridized carbons (Fsp3) is 0.269. The molecule has 33 heavy (non-hydrogen) atoms. The largest absolute Gasteiger partial charge is 0.351 e. The summed E-state index contributed by atoms with van der Waals surface area (Å²) in [5.41, 5.74) is 5.16. The van der Waals surface area contributed by atoms with E-state index in [-0.39, 0.29) is 12.5 Å². The van der Waals surface area contributed by atoms with Crippen LogP contribution in [0.1, 0.15) is 32.6 Å². The molecule has 0 aliphatic carbocycles. The summed E-state index contributed by atoms with van der Waals surface area (Å²) >= 11 is 1.78. The van der Waals surface area contributed by atoms with Gasteiger partial charge in [-0.05, 0) is 48.2 Å². The van der Waals surface area contributed by atoms with Gasteiger partial charge < -0.3 is 5.32 Å². The van der Waals surface area contributed by atoms with Gasteiger partial charge in [0.1, 0.15) is 0 Å². The summed E-state index contributed by atoms with van der Waals surface area (Å²) in [6.07, 6.45) is 1.22. The summed E-state index contributed by atoms with van der Waals surface area (Å²) in [5.74, 6) is 1.62. The van der Waals surface area contributed by atoms with Crippen LogP contribution in [0.15, 0.2) is 72.8 Å². The quantitative estimate of drug-likeness (QED) is 0.416. The lowest BCUT2D eigenvalue weighted by atomic mass is 10.1. The Balaban J connectivity index is 1.57. The van der Waals surface area contributed by atoms with Crippen LogP contribution in [0.3, 0.4) is 0 Å². The SMILES string of the molecule is Cc1cccc(C)c1N(Cc1ccc(C(=O)NCCSCc2ccccc2)cc1)S(C)(=O)=O. The molecule has 3 aromatic carbocycles. The summed E-state index contributed by atoms with van der Waals surface area (Å²) in [4.78, 5) is 12.5. The average molecular weight is 483 g/mol. The van der Waals surface area contributed by atoms with Gasteiger partial charge in [-0.2, -0.15) is 11.8 Å². The molecule has 0 radical (unpaired) electrons. The van der Waals surface area contributed by atoms with E-state index in [0.717, 1.165) is 28.2 Å². The third-order valence-electron chi connectivity index (χ3n) is 5.28. The first-order valence-electron chi connectivity index (χ1n) is 10.8. The molecule has 1 N–H and O–H groups in total. The van der Waals surface area contributed by atoms with Crippen molar-refractivity contribution in [3.8, 4) is 0 Å². The smallest absolute Gasteiger partial charge is 0.251 e. The van der Waals surface area contributed by atoms with Crippen LogP contribution in [0.5, 0.6) is 0 Å². The first-order valence-corrected chi connectivity index (χ1v) is 13.8. The van der Waals surface area contributed by atoms with E-state index in [9.17, 15) is 13.2 Å². The zero-order chi connectivity index (χ0) is 23.8. The van der Waals surface area contributed by atoms with Crippen molar-refractivity contribution in [2.24, 2.45) is 0 Å². The molecule has 0 aromatic heterocycles. The number of hydrogen-bond donors (Lipinski definition) is 1. The lowest BCUT2D eigenvalue weighted by Crippen LogP contribution is -2.30. The second-order valence-corrected chi connectivity index (χ2v) is 11.0. The first kappa shape index (κ1) is 24.9. The standard InChI is InChI=1S/C26H30N2O3S2/c1-20-8-7-9-21(2)25(20)28(33(3,30)31)18-22-12-14-24(15-13-22)26(29)27-16-17-32-19-23-10-5-4-6-11-23/h4-15H,16-19H2,1-3H3,(H,27,29). The number of nitrogens with zero attached hydrogens (tertiary/aromatic N) is 1. The number of carbonyl (C=O) groups excluding carboxylic acids is 1. The number of aryl methyl sites for hydroxylation is 2. The van der Waals surface area contributed by atoms with E-state index in [1.54, 1.807) is 23.9 Å². The molecule has 3 aromatic rings. The van der Waals surface area contributed by atoms with Crippen LogP contribution in [0.25, 0.3) is 0 Å². The molecule has 0 aliphatic rings. The summed E-state index contributed by atoms with van der Waals surface area (Å²) in [6.45, 7) is 4.62. The topological polar surface area (TPSA) is 66.5 Å². The maximum absolute atomic E-state index is 12.5. The molecule has 0 bridgehead atoms. The Morgan fingerprint density at radius 1 is 0.879 bits per heavy atom. The lowest BCUT2D eigenvalue weighted by Gasteiger charge is -2.26. The molecule has 0 saturated carbocycles. The molecule has 3 rings (SSSR count). The van der Waals surface area contributed by atoms with Gasteiger partial charge in [0.25, 0.3) is 5.91 Å². The number of rotatable bonds is 10. The molecular weight excluding hydrogens is 452 g/mol. The molecule has 1 amide bonds. The molecular formula is C26H30N2O3S2. The number of sulfonamides is 1. The number of nitrogens with one attached hydrogen (secondary N) is 1. The molecule has 0 spiro atoms. The number of thioether (sulfide) groups is 1. The van der Waals surface area contributed by atoms with Gasteiger partial charge >= 0.3 is 0 Å². The number of para-hydroxylation sites is 1. The van der Waals surface area contributed by atoms with E-state index in [0.29, 0.717) is 17.8 Å². The van der Waals surface area contributed by atoms with Crippen LogP contribution >= 0.6 is 11.8 Å². The molecule has 0 aliphatic heterocycles. The summed E-state index contributed by atoms with van der Waals surface area (Å²) < 4.78 is 26.5. The highest BCUT2D eigenvalue weighted by Gasteiger charge is 2.21. The number of hydrogen-bond acceptors (Lipinski definition) is 4. The van der Waals surface area contributed by atoms with Crippen LogP contribution in [-0.4, -0.2) is 32.9 Å². The van der Waals surface area contributed by atoms with E-state index < -0.39 is 10.0 Å². The minimum Gasteiger partial charge on any atom is -0.351 e. The molecule has 0 fully saturated rings. The van der Waals surface area contributed by atoms with Crippen LogP contribution in [0, 0.1) is 13.8 Å². The Morgan fingerprint density at radius 2 is 1.52 bits per heavy atom. The predicted octanol–water partition coefficient (Wildman–Crippen LogP) is 4.93. The summed E-state index contributed by atoms with van der Waals surface area (Å²) in [6, 6.07) is 23.1. The van der Waals surface area contributed by atoms with Crippen molar-refractivity contribution in [3.05, 3.63) is 101 Å². The number of carbonyl (C=O) groups is 1. The van der Waals surface area contributed by atoms with Crippen molar-refractivity contribution in [3.63, 3.8) is 0 Å². The van der Waals surface area contributed by atoms with Gasteiger partial charge in [0.05, 0.1) is 18.5 Å². The van der Waals surface area contributed by atoms with Crippen molar-refractivity contribution in [2.45, 2.75) is 26.1 Å². The Labute approximate surface area is 201 Å². The van der Waals surface area contributed by atoms with Crippen LogP contribution in [0.2, 0.25) is 0 Å². The Morgan fingerprint density at radius 3 is 2.12 bits per heavy atom. The second-order valence-electron chi connectivity index (χ2n) is 8.00. The van der Waals surface area contributed by atoms with Crippen LogP contribution in [0.4, 0.5) is 5.69 Å². The number of anilines is 1. The van der Waals surface area contributed by atoms with Crippen molar-refractivity contribution in [2.75, 3.05) is 22.9 Å². The Bertz CT molecular complexity index is 1160. The minimum absolute atomic E-state index is 0.128. The van der Waals surface area contributed by atoms with Gasteiger partial charge in [-0.3, -0.25) is 9.10 Å². The van der Waals surface area contributed by atoms with Gasteiger partial charge in [-0.1, -0.05) is 60.7 Å². The minimum atomic E-state index is -3.47. The van der Waals surface area contributed by atoms with E-state index in [1.807, 2.05) is 62.4 Å². The zero-order valence-electron chi connectivity index (χ0n) is 19.2. The highest BCUT2D eigenvalue weighted by Crippen LogP contribution is 2.28. The predicted molar refractivity (Wildman–Crippen MR) is 138 cm³/mol. The van der Waals surface area contributed by atoms with E-state index in [2.05, 4.69) is 17.4 Å². The van der Waals surface area contributed by atoms with Crippen molar-refractivity contribution < 1.29 is 13.2 Å². The molecule has 0 heterocycles. The average Bonchev–Trinajstić information content (AvgIpc) is 2.78. The molecule has 7 heteroatoms. The maximum atomic E-state index is 12.5. The third-order valence-corrected chi connectivity index (χ3v) is 7.42. The van der Waals surface area contributed by atoms with E-state index in [4.69, 9.17) is 0 Å². The van der Waals surface area contributed by atoms with E-state index >= 15 is 0 Å². The van der Waals surface area contributed by atoms with Crippen LogP contribution < -0.4 is 9.62 Å². The molecule has 0 unspecified atom stereocenters. The molecule has 0 atom stereocenters. The molecule has 5 nitrogen and oxygen atoms in total.